The van der Waals surface area contributed by atoms with Crippen molar-refractivity contribution in [3.8, 4) is 0 Å². The molecule has 0 radical (unpaired) electrons. The smallest absolute Gasteiger partial charge is 0.354 e. The van der Waals surface area contributed by atoms with E-state index >= 15 is 0 Å². The Morgan fingerprint density at radius 2 is 1.86 bits per heavy atom. The van der Waals surface area contributed by atoms with Crippen LogP contribution in [0.3, 0.4) is 0 Å². The monoisotopic (exact) mass is 323 g/mol. The standard InChI is InChI=1S/C16H21NO4S/c1-4-5-10-22-13-8-6-12(7-9-13)17-14(16(19)21-3)11-15(18)20-2/h6-9,11,17H,4-5,10H2,1-3H3/b14-11+. The van der Waals surface area contributed by atoms with Gasteiger partial charge in [0.05, 0.1) is 20.3 Å². The van der Waals surface area contributed by atoms with Gasteiger partial charge in [0.25, 0.3) is 0 Å². The van der Waals surface area contributed by atoms with Gasteiger partial charge in [0.1, 0.15) is 5.70 Å². The lowest BCUT2D eigenvalue weighted by atomic mass is 10.3. The van der Waals surface area contributed by atoms with Crippen LogP contribution in [-0.4, -0.2) is 31.9 Å². The number of hydrogen-bond acceptors (Lipinski definition) is 6. The lowest BCUT2D eigenvalue weighted by Crippen LogP contribution is -2.15. The Balaban J connectivity index is 2.75. The summed E-state index contributed by atoms with van der Waals surface area (Å²) in [6.45, 7) is 2.16. The molecule has 1 aromatic rings. The third-order valence-corrected chi connectivity index (χ3v) is 3.87. The zero-order valence-corrected chi connectivity index (χ0v) is 13.9. The number of hydrogen-bond donors (Lipinski definition) is 1. The number of benzene rings is 1. The third-order valence-electron chi connectivity index (χ3n) is 2.77. The molecule has 22 heavy (non-hydrogen) atoms. The minimum Gasteiger partial charge on any atom is -0.466 e. The van der Waals surface area contributed by atoms with E-state index < -0.39 is 11.9 Å². The highest BCUT2D eigenvalue weighted by molar-refractivity contribution is 7.99. The highest BCUT2D eigenvalue weighted by atomic mass is 32.2. The average Bonchev–Trinajstić information content (AvgIpc) is 2.55. The highest BCUT2D eigenvalue weighted by Crippen LogP contribution is 2.22. The lowest BCUT2D eigenvalue weighted by molar-refractivity contribution is -0.138. The number of carbonyl (C=O) groups is 2. The molecule has 0 saturated heterocycles. The molecule has 6 heteroatoms. The number of ether oxygens (including phenoxy) is 2. The fraction of sp³-hybridized carbons (Fsp3) is 0.375. The molecule has 0 heterocycles. The van der Waals surface area contributed by atoms with Crippen molar-refractivity contribution in [3.05, 3.63) is 36.0 Å². The van der Waals surface area contributed by atoms with Gasteiger partial charge in [0.15, 0.2) is 0 Å². The maximum absolute atomic E-state index is 11.6. The van der Waals surface area contributed by atoms with Crippen molar-refractivity contribution in [2.75, 3.05) is 25.3 Å². The van der Waals surface area contributed by atoms with E-state index in [0.29, 0.717) is 5.69 Å². The normalized spacial score (nSPS) is 11.0. The van der Waals surface area contributed by atoms with Crippen LogP contribution in [0.15, 0.2) is 40.9 Å². The van der Waals surface area contributed by atoms with Gasteiger partial charge >= 0.3 is 11.9 Å². The van der Waals surface area contributed by atoms with Crippen molar-refractivity contribution in [2.45, 2.75) is 24.7 Å². The molecule has 0 aliphatic carbocycles. The van der Waals surface area contributed by atoms with E-state index in [9.17, 15) is 9.59 Å². The fourth-order valence-electron chi connectivity index (χ4n) is 1.56. The van der Waals surface area contributed by atoms with Crippen LogP contribution < -0.4 is 5.32 Å². The van der Waals surface area contributed by atoms with Gasteiger partial charge in [-0.05, 0) is 36.4 Å². The second kappa shape index (κ2) is 9.89. The minimum atomic E-state index is -0.633. The predicted molar refractivity (Wildman–Crippen MR) is 87.8 cm³/mol. The Morgan fingerprint density at radius 3 is 2.41 bits per heavy atom. The maximum Gasteiger partial charge on any atom is 0.354 e. The first-order valence-electron chi connectivity index (χ1n) is 6.98. The van der Waals surface area contributed by atoms with E-state index in [2.05, 4.69) is 21.7 Å². The molecular weight excluding hydrogens is 302 g/mol. The van der Waals surface area contributed by atoms with Gasteiger partial charge in [-0.2, -0.15) is 0 Å². The summed E-state index contributed by atoms with van der Waals surface area (Å²) in [6, 6.07) is 7.63. The molecule has 0 spiro atoms. The number of methoxy groups -OCH3 is 2. The molecule has 5 nitrogen and oxygen atoms in total. The molecule has 1 aromatic carbocycles. The molecule has 1 rings (SSSR count). The fourth-order valence-corrected chi connectivity index (χ4v) is 2.55. The van der Waals surface area contributed by atoms with Gasteiger partial charge in [-0.25, -0.2) is 9.59 Å². The molecule has 0 aliphatic rings. The van der Waals surface area contributed by atoms with Crippen molar-refractivity contribution in [2.24, 2.45) is 0 Å². The van der Waals surface area contributed by atoms with Crippen molar-refractivity contribution in [3.63, 3.8) is 0 Å². The Labute approximate surface area is 135 Å². The van der Waals surface area contributed by atoms with E-state index in [1.54, 1.807) is 11.8 Å². The molecule has 0 aromatic heterocycles. The van der Waals surface area contributed by atoms with Gasteiger partial charge < -0.3 is 14.8 Å². The number of carbonyl (C=O) groups excluding carboxylic acids is 2. The predicted octanol–water partition coefficient (Wildman–Crippen LogP) is 3.22. The van der Waals surface area contributed by atoms with Crippen LogP contribution in [0.5, 0.6) is 0 Å². The van der Waals surface area contributed by atoms with Crippen molar-refractivity contribution in [1.29, 1.82) is 0 Å². The molecule has 0 unspecified atom stereocenters. The van der Waals surface area contributed by atoms with E-state index in [4.69, 9.17) is 0 Å². The second-order valence-electron chi connectivity index (χ2n) is 4.42. The van der Waals surface area contributed by atoms with Gasteiger partial charge in [-0.1, -0.05) is 13.3 Å². The van der Waals surface area contributed by atoms with Crippen LogP contribution >= 0.6 is 11.8 Å². The van der Waals surface area contributed by atoms with Gasteiger partial charge in [-0.3, -0.25) is 0 Å². The summed E-state index contributed by atoms with van der Waals surface area (Å²) >= 11 is 1.79. The minimum absolute atomic E-state index is 0.0285. The quantitative estimate of drug-likeness (QED) is 0.343. The van der Waals surface area contributed by atoms with E-state index in [0.717, 1.165) is 16.7 Å². The van der Waals surface area contributed by atoms with Crippen LogP contribution in [0, 0.1) is 0 Å². The first kappa shape index (κ1) is 18.1. The highest BCUT2D eigenvalue weighted by Gasteiger charge is 2.12. The van der Waals surface area contributed by atoms with Crippen molar-refractivity contribution in [1.82, 2.24) is 0 Å². The molecule has 0 aliphatic heterocycles. The molecule has 120 valence electrons. The molecule has 0 fully saturated rings. The Kier molecular flexibility index (Phi) is 8.14. The summed E-state index contributed by atoms with van der Waals surface area (Å²) in [5, 5.41) is 2.87. The second-order valence-corrected chi connectivity index (χ2v) is 5.59. The molecular formula is C16H21NO4S. The van der Waals surface area contributed by atoms with Crippen molar-refractivity contribution < 1.29 is 19.1 Å². The van der Waals surface area contributed by atoms with E-state index in [1.807, 2.05) is 24.3 Å². The molecule has 0 amide bonds. The number of nitrogens with one attached hydrogen (secondary N) is 1. The van der Waals surface area contributed by atoms with Crippen LogP contribution in [0.4, 0.5) is 5.69 Å². The molecule has 1 N–H and O–H groups in total. The Hall–Kier alpha value is -1.95. The van der Waals surface area contributed by atoms with Crippen LogP contribution in [-0.2, 0) is 19.1 Å². The van der Waals surface area contributed by atoms with E-state index in [-0.39, 0.29) is 5.70 Å². The molecule has 0 bridgehead atoms. The first-order valence-corrected chi connectivity index (χ1v) is 7.97. The summed E-state index contributed by atoms with van der Waals surface area (Å²) < 4.78 is 9.16. The lowest BCUT2D eigenvalue weighted by Gasteiger charge is -2.09. The van der Waals surface area contributed by atoms with Crippen LogP contribution in [0.1, 0.15) is 19.8 Å². The largest absolute Gasteiger partial charge is 0.466 e. The summed E-state index contributed by atoms with van der Waals surface area (Å²) in [5.74, 6) is -0.176. The zero-order valence-electron chi connectivity index (χ0n) is 13.0. The van der Waals surface area contributed by atoms with Crippen molar-refractivity contribution >= 4 is 29.4 Å². The SMILES string of the molecule is CCCCSc1ccc(N/C(=C/C(=O)OC)C(=O)OC)cc1. The number of thioether (sulfide) groups is 1. The summed E-state index contributed by atoms with van der Waals surface area (Å²) in [6.07, 6.45) is 3.42. The molecule has 0 atom stereocenters. The number of anilines is 1. The maximum atomic E-state index is 11.6. The van der Waals surface area contributed by atoms with E-state index in [1.165, 1.54) is 27.1 Å². The number of esters is 2. The Morgan fingerprint density at radius 1 is 1.18 bits per heavy atom. The summed E-state index contributed by atoms with van der Waals surface area (Å²) in [4.78, 5) is 24.1. The zero-order chi connectivity index (χ0) is 16.4. The van der Waals surface area contributed by atoms with Gasteiger partial charge in [0.2, 0.25) is 0 Å². The van der Waals surface area contributed by atoms with Crippen LogP contribution in [0.2, 0.25) is 0 Å². The number of rotatable bonds is 8. The summed E-state index contributed by atoms with van der Waals surface area (Å²) in [7, 11) is 2.50. The first-order chi connectivity index (χ1) is 10.6. The third kappa shape index (κ3) is 6.22. The average molecular weight is 323 g/mol. The Bertz CT molecular complexity index is 525. The summed E-state index contributed by atoms with van der Waals surface area (Å²) in [5.41, 5.74) is 0.723. The van der Waals surface area contributed by atoms with Gasteiger partial charge in [0, 0.05) is 10.6 Å². The molecule has 0 saturated carbocycles. The number of unbranched alkanes of at least 4 members (excludes halogenated alkanes) is 1. The van der Waals surface area contributed by atoms with Crippen LogP contribution in [0.25, 0.3) is 0 Å². The topological polar surface area (TPSA) is 64.6 Å². The van der Waals surface area contributed by atoms with Gasteiger partial charge in [-0.15, -0.1) is 11.8 Å².